The van der Waals surface area contributed by atoms with Gasteiger partial charge in [-0.25, -0.2) is 0 Å². The Morgan fingerprint density at radius 2 is 2.46 bits per heavy atom. The van der Waals surface area contributed by atoms with Crippen molar-refractivity contribution in [2.45, 2.75) is 13.0 Å². The van der Waals surface area contributed by atoms with E-state index in [1.807, 2.05) is 0 Å². The average molecular weight is 185 g/mol. The van der Waals surface area contributed by atoms with Gasteiger partial charge in [0.05, 0.1) is 25.9 Å². The third-order valence-corrected chi connectivity index (χ3v) is 1.71. The summed E-state index contributed by atoms with van der Waals surface area (Å²) < 4.78 is 10.5. The van der Waals surface area contributed by atoms with E-state index in [4.69, 9.17) is 9.47 Å². The Morgan fingerprint density at radius 3 is 3.08 bits per heavy atom. The SMILES string of the molecule is CC=CC(=O)NCC1COCCO1. The molecule has 0 bridgehead atoms. The first-order valence-corrected chi connectivity index (χ1v) is 4.43. The molecule has 1 saturated heterocycles. The van der Waals surface area contributed by atoms with E-state index in [0.717, 1.165) is 0 Å². The highest BCUT2D eigenvalue weighted by Gasteiger charge is 2.13. The summed E-state index contributed by atoms with van der Waals surface area (Å²) in [5.74, 6) is -0.0864. The Bertz CT molecular complexity index is 185. The Morgan fingerprint density at radius 1 is 1.62 bits per heavy atom. The molecule has 0 aromatic carbocycles. The van der Waals surface area contributed by atoms with Gasteiger partial charge in [-0.15, -0.1) is 0 Å². The van der Waals surface area contributed by atoms with E-state index in [9.17, 15) is 4.79 Å². The van der Waals surface area contributed by atoms with Gasteiger partial charge in [0.2, 0.25) is 5.91 Å². The Labute approximate surface area is 77.9 Å². The molecule has 1 rings (SSSR count). The lowest BCUT2D eigenvalue weighted by atomic mass is 10.3. The van der Waals surface area contributed by atoms with Crippen LogP contribution in [0.1, 0.15) is 6.92 Å². The number of ether oxygens (including phenoxy) is 2. The number of hydrogen-bond acceptors (Lipinski definition) is 3. The molecule has 0 radical (unpaired) electrons. The monoisotopic (exact) mass is 185 g/mol. The summed E-state index contributed by atoms with van der Waals surface area (Å²) in [4.78, 5) is 11.0. The van der Waals surface area contributed by atoms with Crippen LogP contribution in [0.15, 0.2) is 12.2 Å². The zero-order valence-electron chi connectivity index (χ0n) is 7.79. The largest absolute Gasteiger partial charge is 0.376 e. The zero-order valence-corrected chi connectivity index (χ0v) is 7.79. The lowest BCUT2D eigenvalue weighted by Gasteiger charge is -2.22. The predicted octanol–water partition coefficient (Wildman–Crippen LogP) is 0.0941. The maximum atomic E-state index is 11.0. The van der Waals surface area contributed by atoms with Crippen molar-refractivity contribution in [1.82, 2.24) is 5.32 Å². The van der Waals surface area contributed by atoms with E-state index < -0.39 is 0 Å². The van der Waals surface area contributed by atoms with Crippen LogP contribution in [0.25, 0.3) is 0 Å². The van der Waals surface area contributed by atoms with Gasteiger partial charge in [0.25, 0.3) is 0 Å². The van der Waals surface area contributed by atoms with Crippen molar-refractivity contribution in [3.05, 3.63) is 12.2 Å². The summed E-state index contributed by atoms with van der Waals surface area (Å²) in [6.07, 6.45) is 3.19. The van der Waals surface area contributed by atoms with E-state index >= 15 is 0 Å². The second-order valence-electron chi connectivity index (χ2n) is 2.81. The highest BCUT2D eigenvalue weighted by Crippen LogP contribution is 1.98. The average Bonchev–Trinajstić information content (AvgIpc) is 2.17. The van der Waals surface area contributed by atoms with Crippen molar-refractivity contribution in [2.75, 3.05) is 26.4 Å². The van der Waals surface area contributed by atoms with E-state index in [0.29, 0.717) is 26.4 Å². The first-order valence-electron chi connectivity index (χ1n) is 4.43. The van der Waals surface area contributed by atoms with Gasteiger partial charge < -0.3 is 14.8 Å². The Balaban J connectivity index is 2.13. The van der Waals surface area contributed by atoms with Crippen molar-refractivity contribution >= 4 is 5.91 Å². The number of rotatable bonds is 3. The van der Waals surface area contributed by atoms with Gasteiger partial charge in [0.1, 0.15) is 0 Å². The van der Waals surface area contributed by atoms with Gasteiger partial charge in [-0.2, -0.15) is 0 Å². The minimum absolute atomic E-state index is 0.00274. The molecule has 0 saturated carbocycles. The van der Waals surface area contributed by atoms with E-state index in [-0.39, 0.29) is 12.0 Å². The molecule has 4 heteroatoms. The molecule has 1 atom stereocenters. The van der Waals surface area contributed by atoms with Crippen LogP contribution in [-0.4, -0.2) is 38.4 Å². The lowest BCUT2D eigenvalue weighted by molar-refractivity contribution is -0.119. The molecule has 1 aliphatic heterocycles. The van der Waals surface area contributed by atoms with Crippen molar-refractivity contribution in [1.29, 1.82) is 0 Å². The van der Waals surface area contributed by atoms with Gasteiger partial charge >= 0.3 is 0 Å². The second kappa shape index (κ2) is 5.72. The fourth-order valence-electron chi connectivity index (χ4n) is 1.08. The third kappa shape index (κ3) is 4.05. The predicted molar refractivity (Wildman–Crippen MR) is 48.4 cm³/mol. The van der Waals surface area contributed by atoms with Crippen molar-refractivity contribution in [3.63, 3.8) is 0 Å². The number of amides is 1. The fraction of sp³-hybridized carbons (Fsp3) is 0.667. The first kappa shape index (κ1) is 10.2. The summed E-state index contributed by atoms with van der Waals surface area (Å²) in [6.45, 7) is 4.16. The van der Waals surface area contributed by atoms with Gasteiger partial charge in [-0.05, 0) is 13.0 Å². The molecule has 1 amide bonds. The minimum Gasteiger partial charge on any atom is -0.376 e. The van der Waals surface area contributed by atoms with Gasteiger partial charge in [-0.3, -0.25) is 4.79 Å². The molecule has 13 heavy (non-hydrogen) atoms. The molecule has 0 spiro atoms. The number of carbonyl (C=O) groups excluding carboxylic acids is 1. The molecule has 0 aromatic rings. The lowest BCUT2D eigenvalue weighted by Crippen LogP contribution is -2.39. The molecular weight excluding hydrogens is 170 g/mol. The fourth-order valence-corrected chi connectivity index (χ4v) is 1.08. The first-order chi connectivity index (χ1) is 6.33. The van der Waals surface area contributed by atoms with Crippen LogP contribution in [-0.2, 0) is 14.3 Å². The van der Waals surface area contributed by atoms with Crippen LogP contribution in [0.4, 0.5) is 0 Å². The summed E-state index contributed by atoms with van der Waals surface area (Å²) >= 11 is 0. The molecule has 1 heterocycles. The molecule has 4 nitrogen and oxygen atoms in total. The number of allylic oxidation sites excluding steroid dienone is 1. The smallest absolute Gasteiger partial charge is 0.243 e. The van der Waals surface area contributed by atoms with Crippen LogP contribution >= 0.6 is 0 Å². The quantitative estimate of drug-likeness (QED) is 0.634. The summed E-state index contributed by atoms with van der Waals surface area (Å²) in [7, 11) is 0. The zero-order chi connectivity index (χ0) is 9.52. The highest BCUT2D eigenvalue weighted by molar-refractivity contribution is 5.87. The number of carbonyl (C=O) groups is 1. The van der Waals surface area contributed by atoms with E-state index in [1.165, 1.54) is 6.08 Å². The van der Waals surface area contributed by atoms with E-state index in [2.05, 4.69) is 5.32 Å². The van der Waals surface area contributed by atoms with E-state index in [1.54, 1.807) is 13.0 Å². The Kier molecular flexibility index (Phi) is 4.49. The Hall–Kier alpha value is -0.870. The third-order valence-electron chi connectivity index (χ3n) is 1.71. The standard InChI is InChI=1S/C9H15NO3/c1-2-3-9(11)10-6-8-7-12-4-5-13-8/h2-3,8H,4-7H2,1H3,(H,10,11). The minimum atomic E-state index is -0.0864. The molecule has 0 aromatic heterocycles. The second-order valence-corrected chi connectivity index (χ2v) is 2.81. The molecule has 1 aliphatic rings. The van der Waals surface area contributed by atoms with Gasteiger partial charge in [0.15, 0.2) is 0 Å². The maximum absolute atomic E-state index is 11.0. The number of nitrogens with one attached hydrogen (secondary N) is 1. The molecular formula is C9H15NO3. The molecule has 1 fully saturated rings. The molecule has 74 valence electrons. The summed E-state index contributed by atoms with van der Waals surface area (Å²) in [5, 5.41) is 2.72. The van der Waals surface area contributed by atoms with Gasteiger partial charge in [-0.1, -0.05) is 6.08 Å². The summed E-state index contributed by atoms with van der Waals surface area (Å²) in [5.41, 5.74) is 0. The normalized spacial score (nSPS) is 23.3. The van der Waals surface area contributed by atoms with Crippen molar-refractivity contribution < 1.29 is 14.3 Å². The molecule has 1 unspecified atom stereocenters. The van der Waals surface area contributed by atoms with Crippen LogP contribution in [0, 0.1) is 0 Å². The van der Waals surface area contributed by atoms with Crippen LogP contribution in [0.5, 0.6) is 0 Å². The van der Waals surface area contributed by atoms with Crippen LogP contribution in [0.2, 0.25) is 0 Å². The van der Waals surface area contributed by atoms with Crippen LogP contribution in [0.3, 0.4) is 0 Å². The van der Waals surface area contributed by atoms with Crippen molar-refractivity contribution in [3.8, 4) is 0 Å². The molecule has 1 N–H and O–H groups in total. The highest BCUT2D eigenvalue weighted by atomic mass is 16.6. The summed E-state index contributed by atoms with van der Waals surface area (Å²) in [6, 6.07) is 0. The van der Waals surface area contributed by atoms with Gasteiger partial charge in [0, 0.05) is 6.54 Å². The van der Waals surface area contributed by atoms with Crippen molar-refractivity contribution in [2.24, 2.45) is 0 Å². The number of hydrogen-bond donors (Lipinski definition) is 1. The topological polar surface area (TPSA) is 47.6 Å². The maximum Gasteiger partial charge on any atom is 0.243 e. The molecule has 0 aliphatic carbocycles. The van der Waals surface area contributed by atoms with Crippen LogP contribution < -0.4 is 5.32 Å².